The molecule has 0 atom stereocenters. The first-order valence-electron chi connectivity index (χ1n) is 10.2. The summed E-state index contributed by atoms with van der Waals surface area (Å²) in [4.78, 5) is 29.4. The van der Waals surface area contributed by atoms with Crippen molar-refractivity contribution in [2.45, 2.75) is 13.1 Å². The molecular formula is C24H25N3O4. The number of fused-ring (bicyclic) bond motifs is 1. The van der Waals surface area contributed by atoms with Gasteiger partial charge in [-0.25, -0.2) is 0 Å². The van der Waals surface area contributed by atoms with E-state index in [0.717, 1.165) is 11.3 Å². The summed E-state index contributed by atoms with van der Waals surface area (Å²) in [7, 11) is 1.70. The van der Waals surface area contributed by atoms with E-state index < -0.39 is 0 Å². The summed E-state index contributed by atoms with van der Waals surface area (Å²) in [5.74, 6) is 1.18. The van der Waals surface area contributed by atoms with Crippen molar-refractivity contribution in [1.82, 2.24) is 10.2 Å². The van der Waals surface area contributed by atoms with Crippen molar-refractivity contribution in [3.8, 4) is 5.75 Å². The molecule has 1 aromatic heterocycles. The van der Waals surface area contributed by atoms with Crippen LogP contribution in [0.15, 0.2) is 71.3 Å². The lowest BCUT2D eigenvalue weighted by atomic mass is 10.1. The number of hydrogen-bond donors (Lipinski definition) is 1. The summed E-state index contributed by atoms with van der Waals surface area (Å²) >= 11 is 0. The van der Waals surface area contributed by atoms with Gasteiger partial charge in [0.05, 0.1) is 30.6 Å². The average molecular weight is 419 g/mol. The lowest BCUT2D eigenvalue weighted by Crippen LogP contribution is -2.40. The molecule has 0 saturated carbocycles. The molecule has 31 heavy (non-hydrogen) atoms. The Morgan fingerprint density at radius 3 is 2.71 bits per heavy atom. The van der Waals surface area contributed by atoms with Gasteiger partial charge in [-0.05, 0) is 30.3 Å². The number of amides is 2. The van der Waals surface area contributed by atoms with E-state index in [1.54, 1.807) is 48.5 Å². The molecule has 0 aliphatic carbocycles. The van der Waals surface area contributed by atoms with Gasteiger partial charge in [0, 0.05) is 25.7 Å². The van der Waals surface area contributed by atoms with Crippen molar-refractivity contribution in [3.05, 3.63) is 83.8 Å². The Morgan fingerprint density at radius 2 is 1.87 bits per heavy atom. The third-order valence-corrected chi connectivity index (χ3v) is 5.28. The molecule has 160 valence electrons. The fraction of sp³-hybridized carbons (Fsp3) is 0.250. The minimum absolute atomic E-state index is 0.0920. The molecule has 2 amide bonds. The molecule has 1 aliphatic heterocycles. The zero-order chi connectivity index (χ0) is 21.6. The predicted octanol–water partition coefficient (Wildman–Crippen LogP) is 3.07. The van der Waals surface area contributed by atoms with Crippen LogP contribution in [0.5, 0.6) is 5.75 Å². The number of nitrogens with one attached hydrogen (secondary N) is 1. The average Bonchev–Trinajstić information content (AvgIpc) is 3.23. The Bertz CT molecular complexity index is 1050. The number of carbonyl (C=O) groups is 2. The van der Waals surface area contributed by atoms with Crippen LogP contribution in [0, 0.1) is 0 Å². The lowest BCUT2D eigenvalue weighted by molar-refractivity contribution is -0.119. The highest BCUT2D eigenvalue weighted by molar-refractivity contribution is 6.04. The predicted molar refractivity (Wildman–Crippen MR) is 117 cm³/mol. The molecule has 0 fully saturated rings. The monoisotopic (exact) mass is 419 g/mol. The van der Waals surface area contributed by atoms with E-state index in [0.29, 0.717) is 36.7 Å². The van der Waals surface area contributed by atoms with Gasteiger partial charge in [-0.15, -0.1) is 0 Å². The van der Waals surface area contributed by atoms with Crippen LogP contribution in [0.4, 0.5) is 5.69 Å². The van der Waals surface area contributed by atoms with Crippen LogP contribution in [-0.4, -0.2) is 43.5 Å². The highest BCUT2D eigenvalue weighted by atomic mass is 16.5. The van der Waals surface area contributed by atoms with Crippen molar-refractivity contribution >= 4 is 17.5 Å². The molecular weight excluding hydrogens is 394 g/mol. The first-order chi connectivity index (χ1) is 15.1. The molecule has 1 aliphatic rings. The first kappa shape index (κ1) is 20.7. The summed E-state index contributed by atoms with van der Waals surface area (Å²) in [6, 6.07) is 18.5. The topological polar surface area (TPSA) is 75.0 Å². The number of ether oxygens (including phenoxy) is 1. The van der Waals surface area contributed by atoms with E-state index in [-0.39, 0.29) is 24.9 Å². The number of para-hydroxylation sites is 2. The zero-order valence-corrected chi connectivity index (χ0v) is 17.4. The van der Waals surface area contributed by atoms with Gasteiger partial charge >= 0.3 is 0 Å². The van der Waals surface area contributed by atoms with E-state index >= 15 is 0 Å². The zero-order valence-electron chi connectivity index (χ0n) is 17.4. The second-order valence-electron chi connectivity index (χ2n) is 7.40. The van der Waals surface area contributed by atoms with Crippen molar-refractivity contribution in [1.29, 1.82) is 0 Å². The quantitative estimate of drug-likeness (QED) is 0.665. The standard InChI is InChI=1S/C24H25N3O4/c1-26(23(28)17-27-12-14-31-22-11-5-2-7-18(22)16-27)21-10-4-3-9-20(21)24(29)25-15-19-8-6-13-30-19/h2-11,13H,12,14-17H2,1H3,(H,25,29). The molecule has 0 unspecified atom stereocenters. The molecule has 2 aromatic carbocycles. The van der Waals surface area contributed by atoms with Gasteiger partial charge in [0.2, 0.25) is 5.91 Å². The number of furan rings is 1. The Hall–Kier alpha value is -3.58. The number of benzene rings is 2. The molecule has 0 saturated heterocycles. The number of carbonyl (C=O) groups excluding carboxylic acids is 2. The summed E-state index contributed by atoms with van der Waals surface area (Å²) in [5, 5.41) is 2.84. The van der Waals surface area contributed by atoms with Gasteiger partial charge in [-0.3, -0.25) is 14.5 Å². The minimum Gasteiger partial charge on any atom is -0.492 e. The smallest absolute Gasteiger partial charge is 0.253 e. The fourth-order valence-electron chi connectivity index (χ4n) is 3.58. The number of nitrogens with zero attached hydrogens (tertiary/aromatic N) is 2. The maximum Gasteiger partial charge on any atom is 0.253 e. The molecule has 4 rings (SSSR count). The highest BCUT2D eigenvalue weighted by Gasteiger charge is 2.22. The Kier molecular flexibility index (Phi) is 6.33. The fourth-order valence-corrected chi connectivity index (χ4v) is 3.58. The third-order valence-electron chi connectivity index (χ3n) is 5.28. The maximum atomic E-state index is 13.1. The van der Waals surface area contributed by atoms with Crippen LogP contribution < -0.4 is 15.0 Å². The van der Waals surface area contributed by atoms with Gasteiger partial charge in [0.25, 0.3) is 5.91 Å². The Balaban J connectivity index is 1.43. The Labute approximate surface area is 181 Å². The summed E-state index contributed by atoms with van der Waals surface area (Å²) in [6.07, 6.45) is 1.56. The largest absolute Gasteiger partial charge is 0.492 e. The maximum absolute atomic E-state index is 13.1. The second-order valence-corrected chi connectivity index (χ2v) is 7.40. The number of hydrogen-bond acceptors (Lipinski definition) is 5. The molecule has 7 nitrogen and oxygen atoms in total. The van der Waals surface area contributed by atoms with E-state index in [4.69, 9.17) is 9.15 Å². The summed E-state index contributed by atoms with van der Waals surface area (Å²) in [6.45, 7) is 2.34. The van der Waals surface area contributed by atoms with E-state index in [1.807, 2.05) is 30.3 Å². The number of anilines is 1. The van der Waals surface area contributed by atoms with E-state index in [9.17, 15) is 9.59 Å². The molecule has 3 aromatic rings. The van der Waals surface area contributed by atoms with E-state index in [2.05, 4.69) is 10.2 Å². The molecule has 7 heteroatoms. The van der Waals surface area contributed by atoms with Gasteiger partial charge in [0.15, 0.2) is 0 Å². The first-order valence-corrected chi connectivity index (χ1v) is 10.2. The Morgan fingerprint density at radius 1 is 1.06 bits per heavy atom. The molecule has 0 spiro atoms. The second kappa shape index (κ2) is 9.49. The van der Waals surface area contributed by atoms with Crippen LogP contribution in [0.3, 0.4) is 0 Å². The van der Waals surface area contributed by atoms with Crippen LogP contribution in [0.1, 0.15) is 21.7 Å². The van der Waals surface area contributed by atoms with Gasteiger partial charge in [-0.1, -0.05) is 30.3 Å². The number of rotatable bonds is 6. The lowest BCUT2D eigenvalue weighted by Gasteiger charge is -2.25. The summed E-state index contributed by atoms with van der Waals surface area (Å²) in [5.41, 5.74) is 2.07. The molecule has 0 bridgehead atoms. The van der Waals surface area contributed by atoms with Crippen LogP contribution in [-0.2, 0) is 17.9 Å². The highest BCUT2D eigenvalue weighted by Crippen LogP contribution is 2.23. The third kappa shape index (κ3) is 4.95. The normalized spacial score (nSPS) is 13.6. The molecule has 2 heterocycles. The molecule has 0 radical (unpaired) electrons. The summed E-state index contributed by atoms with van der Waals surface area (Å²) < 4.78 is 11.0. The van der Waals surface area contributed by atoms with Crippen molar-refractivity contribution in [3.63, 3.8) is 0 Å². The SMILES string of the molecule is CN(C(=O)CN1CCOc2ccccc2C1)c1ccccc1C(=O)NCc1ccco1. The minimum atomic E-state index is -0.260. The van der Waals surface area contributed by atoms with Crippen LogP contribution in [0.25, 0.3) is 0 Å². The van der Waals surface area contributed by atoms with Crippen LogP contribution >= 0.6 is 0 Å². The number of likely N-dealkylation sites (N-methyl/N-ethyl adjacent to an activating group) is 1. The van der Waals surface area contributed by atoms with Crippen LogP contribution in [0.2, 0.25) is 0 Å². The van der Waals surface area contributed by atoms with Gasteiger partial charge < -0.3 is 19.4 Å². The van der Waals surface area contributed by atoms with Crippen molar-refractivity contribution < 1.29 is 18.7 Å². The van der Waals surface area contributed by atoms with E-state index in [1.165, 1.54) is 0 Å². The van der Waals surface area contributed by atoms with Gasteiger partial charge in [-0.2, -0.15) is 0 Å². The van der Waals surface area contributed by atoms with Gasteiger partial charge in [0.1, 0.15) is 18.1 Å². The van der Waals surface area contributed by atoms with Crippen molar-refractivity contribution in [2.75, 3.05) is 31.6 Å². The molecule has 1 N–H and O–H groups in total. The van der Waals surface area contributed by atoms with Crippen molar-refractivity contribution in [2.24, 2.45) is 0 Å².